The summed E-state index contributed by atoms with van der Waals surface area (Å²) < 4.78 is 43.5. The Balaban J connectivity index is 1.92. The third-order valence-electron chi connectivity index (χ3n) is 6.16. The SMILES string of the molecule is CCCCn1cc(S(=O)(=O)c2ccccc2)c(=O)c2cc(F)c(N3CCCCCC3)cc21. The van der Waals surface area contributed by atoms with Crippen LogP contribution in [0.2, 0.25) is 0 Å². The second-order valence-corrected chi connectivity index (χ2v) is 10.3. The molecule has 0 atom stereocenters. The standard InChI is InChI=1S/C25H29FN2O3S/c1-2-3-13-28-18-24(32(30,31)19-11-7-6-8-12-19)25(29)20-16-21(26)23(17-22(20)28)27-14-9-4-5-10-15-27/h6-8,11-12,16-18H,2-5,9-10,13-15H2,1H3. The minimum absolute atomic E-state index is 0.0557. The molecule has 0 unspecified atom stereocenters. The normalized spacial score (nSPS) is 15.1. The van der Waals surface area contributed by atoms with E-state index in [4.69, 9.17) is 0 Å². The van der Waals surface area contributed by atoms with Crippen molar-refractivity contribution in [2.24, 2.45) is 0 Å². The lowest BCUT2D eigenvalue weighted by molar-refractivity contribution is 0.590. The highest BCUT2D eigenvalue weighted by molar-refractivity contribution is 7.91. The summed E-state index contributed by atoms with van der Waals surface area (Å²) in [5.41, 5.74) is 0.414. The summed E-state index contributed by atoms with van der Waals surface area (Å²) in [5, 5.41) is 0.106. The first kappa shape index (κ1) is 22.5. The van der Waals surface area contributed by atoms with Crippen LogP contribution in [-0.2, 0) is 16.4 Å². The van der Waals surface area contributed by atoms with Gasteiger partial charge in [-0.2, -0.15) is 0 Å². The van der Waals surface area contributed by atoms with Gasteiger partial charge in [0.05, 0.1) is 21.5 Å². The van der Waals surface area contributed by atoms with Crippen molar-refractivity contribution in [2.75, 3.05) is 18.0 Å². The smallest absolute Gasteiger partial charge is 0.211 e. The number of nitrogens with zero attached hydrogens (tertiary/aromatic N) is 2. The van der Waals surface area contributed by atoms with E-state index in [9.17, 15) is 13.2 Å². The topological polar surface area (TPSA) is 59.4 Å². The molecule has 0 radical (unpaired) electrons. The van der Waals surface area contributed by atoms with Crippen LogP contribution in [0, 0.1) is 5.82 Å². The number of aryl methyl sites for hydroxylation is 1. The molecule has 0 saturated carbocycles. The van der Waals surface area contributed by atoms with Crippen molar-refractivity contribution in [1.82, 2.24) is 4.57 Å². The molecule has 1 aliphatic heterocycles. The van der Waals surface area contributed by atoms with Gasteiger partial charge in [-0.1, -0.05) is 44.4 Å². The molecule has 3 aromatic rings. The lowest BCUT2D eigenvalue weighted by atomic mass is 10.1. The molecule has 1 saturated heterocycles. The largest absolute Gasteiger partial charge is 0.369 e. The first-order chi connectivity index (χ1) is 15.4. The number of anilines is 1. The maximum atomic E-state index is 15.2. The van der Waals surface area contributed by atoms with Crippen LogP contribution in [0.25, 0.3) is 10.9 Å². The Bertz CT molecular complexity index is 1260. The fraction of sp³-hybridized carbons (Fsp3) is 0.400. The van der Waals surface area contributed by atoms with E-state index in [0.29, 0.717) is 17.7 Å². The number of aromatic nitrogens is 1. The number of fused-ring (bicyclic) bond motifs is 1. The molecule has 2 aromatic carbocycles. The number of sulfone groups is 1. The molecule has 0 N–H and O–H groups in total. The van der Waals surface area contributed by atoms with Gasteiger partial charge in [-0.05, 0) is 43.5 Å². The minimum Gasteiger partial charge on any atom is -0.369 e. The Morgan fingerprint density at radius 3 is 2.34 bits per heavy atom. The Morgan fingerprint density at radius 1 is 1.00 bits per heavy atom. The number of hydrogen-bond donors (Lipinski definition) is 0. The van der Waals surface area contributed by atoms with Crippen LogP contribution in [0.15, 0.2) is 63.2 Å². The average Bonchev–Trinajstić information content (AvgIpc) is 3.08. The van der Waals surface area contributed by atoms with E-state index >= 15 is 4.39 Å². The van der Waals surface area contributed by atoms with Gasteiger partial charge in [0.15, 0.2) is 0 Å². The molecular weight excluding hydrogens is 427 g/mol. The molecule has 2 heterocycles. The van der Waals surface area contributed by atoms with E-state index in [1.807, 2.05) is 4.90 Å². The summed E-state index contributed by atoms with van der Waals surface area (Å²) in [4.78, 5) is 15.1. The second-order valence-electron chi connectivity index (χ2n) is 8.41. The summed E-state index contributed by atoms with van der Waals surface area (Å²) in [5.74, 6) is -0.479. The molecule has 1 fully saturated rings. The van der Waals surface area contributed by atoms with Crippen molar-refractivity contribution in [3.05, 3.63) is 64.7 Å². The summed E-state index contributed by atoms with van der Waals surface area (Å²) in [6.45, 7) is 4.16. The molecule has 0 bridgehead atoms. The van der Waals surface area contributed by atoms with Crippen LogP contribution in [0.4, 0.5) is 10.1 Å². The van der Waals surface area contributed by atoms with Crippen molar-refractivity contribution in [1.29, 1.82) is 0 Å². The molecule has 5 nitrogen and oxygen atoms in total. The zero-order valence-electron chi connectivity index (χ0n) is 18.4. The van der Waals surface area contributed by atoms with Crippen LogP contribution in [0.1, 0.15) is 45.4 Å². The van der Waals surface area contributed by atoms with Gasteiger partial charge >= 0.3 is 0 Å². The van der Waals surface area contributed by atoms with E-state index in [2.05, 4.69) is 6.92 Å². The average molecular weight is 457 g/mol. The van der Waals surface area contributed by atoms with Gasteiger partial charge in [-0.3, -0.25) is 4.79 Å². The molecular formula is C25H29FN2O3S. The lowest BCUT2D eigenvalue weighted by Gasteiger charge is -2.24. The fourth-order valence-electron chi connectivity index (χ4n) is 4.36. The summed E-state index contributed by atoms with van der Waals surface area (Å²) in [7, 11) is -4.02. The van der Waals surface area contributed by atoms with Crippen molar-refractivity contribution >= 4 is 26.4 Å². The number of hydrogen-bond acceptors (Lipinski definition) is 4. The first-order valence-corrected chi connectivity index (χ1v) is 12.8. The van der Waals surface area contributed by atoms with Gasteiger partial charge in [0.1, 0.15) is 10.7 Å². The van der Waals surface area contributed by atoms with Crippen LogP contribution < -0.4 is 10.3 Å². The minimum atomic E-state index is -4.02. The highest BCUT2D eigenvalue weighted by Crippen LogP contribution is 2.29. The molecule has 0 aliphatic carbocycles. The molecule has 32 heavy (non-hydrogen) atoms. The Labute approximate surface area is 188 Å². The lowest BCUT2D eigenvalue weighted by Crippen LogP contribution is -2.26. The predicted molar refractivity (Wildman–Crippen MR) is 126 cm³/mol. The Morgan fingerprint density at radius 2 is 1.69 bits per heavy atom. The van der Waals surface area contributed by atoms with Crippen molar-refractivity contribution in [2.45, 2.75) is 61.8 Å². The predicted octanol–water partition coefficient (Wildman–Crippen LogP) is 5.15. The van der Waals surface area contributed by atoms with Crippen LogP contribution in [0.5, 0.6) is 0 Å². The maximum Gasteiger partial charge on any atom is 0.211 e. The first-order valence-electron chi connectivity index (χ1n) is 11.3. The van der Waals surface area contributed by atoms with E-state index in [0.717, 1.165) is 51.6 Å². The number of rotatable bonds is 6. The highest BCUT2D eigenvalue weighted by atomic mass is 32.2. The van der Waals surface area contributed by atoms with Gasteiger partial charge in [0.25, 0.3) is 0 Å². The number of halogens is 1. The van der Waals surface area contributed by atoms with Gasteiger partial charge < -0.3 is 9.47 Å². The zero-order valence-corrected chi connectivity index (χ0v) is 19.2. The molecule has 1 aliphatic rings. The molecule has 1 aromatic heterocycles. The highest BCUT2D eigenvalue weighted by Gasteiger charge is 2.25. The van der Waals surface area contributed by atoms with Crippen LogP contribution >= 0.6 is 0 Å². The zero-order chi connectivity index (χ0) is 22.7. The molecule has 4 rings (SSSR count). The molecule has 7 heteroatoms. The summed E-state index contributed by atoms with van der Waals surface area (Å²) >= 11 is 0. The Kier molecular flexibility index (Phi) is 6.65. The van der Waals surface area contributed by atoms with Gasteiger partial charge in [0, 0.05) is 25.8 Å². The third-order valence-corrected chi connectivity index (χ3v) is 7.92. The van der Waals surface area contributed by atoms with Crippen molar-refractivity contribution < 1.29 is 12.8 Å². The van der Waals surface area contributed by atoms with Gasteiger partial charge in [0.2, 0.25) is 15.3 Å². The van der Waals surface area contributed by atoms with Crippen molar-refractivity contribution in [3.63, 3.8) is 0 Å². The third kappa shape index (κ3) is 4.31. The number of unbranched alkanes of at least 4 members (excludes halogenated alkanes) is 1. The van der Waals surface area contributed by atoms with Crippen LogP contribution in [-0.4, -0.2) is 26.1 Å². The maximum absolute atomic E-state index is 15.2. The summed E-state index contributed by atoms with van der Waals surface area (Å²) in [6, 6.07) is 10.9. The number of benzene rings is 2. The number of pyridine rings is 1. The van der Waals surface area contributed by atoms with E-state index < -0.39 is 21.1 Å². The van der Waals surface area contributed by atoms with Crippen molar-refractivity contribution in [3.8, 4) is 0 Å². The van der Waals surface area contributed by atoms with Gasteiger partial charge in [-0.25, -0.2) is 12.8 Å². The Hall–Kier alpha value is -2.67. The quantitative estimate of drug-likeness (QED) is 0.514. The second kappa shape index (κ2) is 9.45. The van der Waals surface area contributed by atoms with Crippen LogP contribution in [0.3, 0.4) is 0 Å². The van der Waals surface area contributed by atoms with E-state index in [1.165, 1.54) is 24.4 Å². The van der Waals surface area contributed by atoms with E-state index in [-0.39, 0.29) is 15.2 Å². The fourth-order valence-corrected chi connectivity index (χ4v) is 5.75. The monoisotopic (exact) mass is 456 g/mol. The molecule has 170 valence electrons. The van der Waals surface area contributed by atoms with Gasteiger partial charge in [-0.15, -0.1) is 0 Å². The summed E-state index contributed by atoms with van der Waals surface area (Å²) in [6.07, 6.45) is 7.45. The van der Waals surface area contributed by atoms with E-state index in [1.54, 1.807) is 28.8 Å². The molecule has 0 spiro atoms. The molecule has 0 amide bonds.